The smallest absolute Gasteiger partial charge is 0.422 e. The van der Waals surface area contributed by atoms with Crippen LogP contribution in [-0.4, -0.2) is 45.0 Å². The van der Waals surface area contributed by atoms with E-state index < -0.39 is 35.3 Å². The molecule has 10 heteroatoms. The van der Waals surface area contributed by atoms with Crippen LogP contribution in [-0.2, 0) is 14.8 Å². The quantitative estimate of drug-likeness (QED) is 0.752. The van der Waals surface area contributed by atoms with Gasteiger partial charge in [-0.15, -0.1) is 0 Å². The molecule has 0 bridgehead atoms. The molecule has 0 atom stereocenters. The van der Waals surface area contributed by atoms with E-state index in [0.29, 0.717) is 0 Å². The van der Waals surface area contributed by atoms with E-state index in [2.05, 4.69) is 10.1 Å². The minimum absolute atomic E-state index is 0.0119. The van der Waals surface area contributed by atoms with E-state index in [-0.39, 0.29) is 16.3 Å². The molecule has 0 spiro atoms. The van der Waals surface area contributed by atoms with E-state index in [0.717, 1.165) is 9.87 Å². The first-order valence-corrected chi connectivity index (χ1v) is 9.54. The number of hydrogen-bond donors (Lipinski definition) is 1. The van der Waals surface area contributed by atoms with Gasteiger partial charge in [0.05, 0.1) is 17.1 Å². The Balaban J connectivity index is 2.07. The lowest BCUT2D eigenvalue weighted by Gasteiger charge is -2.18. The summed E-state index contributed by atoms with van der Waals surface area (Å²) >= 11 is 0. The second kappa shape index (κ2) is 8.61. The van der Waals surface area contributed by atoms with E-state index in [1.807, 2.05) is 6.92 Å². The van der Waals surface area contributed by atoms with Gasteiger partial charge in [0, 0.05) is 7.05 Å². The maximum atomic E-state index is 12.5. The van der Waals surface area contributed by atoms with Crippen molar-refractivity contribution < 1.29 is 31.1 Å². The number of para-hydroxylation sites is 2. The Morgan fingerprint density at radius 2 is 1.71 bits per heavy atom. The first kappa shape index (κ1) is 21.7. The van der Waals surface area contributed by atoms with Crippen LogP contribution in [0.25, 0.3) is 0 Å². The van der Waals surface area contributed by atoms with Crippen LogP contribution in [0, 0.1) is 6.92 Å². The van der Waals surface area contributed by atoms with Crippen molar-refractivity contribution in [3.63, 3.8) is 0 Å². The molecule has 152 valence electrons. The molecular weight excluding hydrogens is 397 g/mol. The lowest BCUT2D eigenvalue weighted by Crippen LogP contribution is -2.35. The summed E-state index contributed by atoms with van der Waals surface area (Å²) in [5, 5.41) is 2.37. The summed E-state index contributed by atoms with van der Waals surface area (Å²) in [6.07, 6.45) is -4.53. The Morgan fingerprint density at radius 1 is 1.11 bits per heavy atom. The highest BCUT2D eigenvalue weighted by Gasteiger charge is 2.29. The molecule has 1 amide bonds. The van der Waals surface area contributed by atoms with Gasteiger partial charge in [0.2, 0.25) is 15.9 Å². The summed E-state index contributed by atoms with van der Waals surface area (Å²) in [4.78, 5) is 12.2. The molecule has 0 saturated heterocycles. The van der Waals surface area contributed by atoms with E-state index in [1.165, 1.54) is 43.4 Å². The molecule has 2 aromatic rings. The zero-order valence-corrected chi connectivity index (χ0v) is 16.0. The summed E-state index contributed by atoms with van der Waals surface area (Å²) in [7, 11) is -2.65. The molecule has 0 aliphatic carbocycles. The Hall–Kier alpha value is -2.59. The van der Waals surface area contributed by atoms with Crippen LogP contribution < -0.4 is 10.1 Å². The van der Waals surface area contributed by atoms with Gasteiger partial charge >= 0.3 is 6.18 Å². The second-order valence-corrected chi connectivity index (χ2v) is 8.07. The van der Waals surface area contributed by atoms with Gasteiger partial charge < -0.3 is 10.1 Å². The normalized spacial score (nSPS) is 12.1. The Bertz CT molecular complexity index is 929. The molecular formula is C18H19F3N2O4S. The summed E-state index contributed by atoms with van der Waals surface area (Å²) in [5.74, 6) is -0.890. The molecule has 0 fully saturated rings. The van der Waals surface area contributed by atoms with Crippen LogP contribution in [0.4, 0.5) is 18.9 Å². The van der Waals surface area contributed by atoms with Crippen LogP contribution in [0.15, 0.2) is 53.4 Å². The Labute approximate surface area is 161 Å². The Kier molecular flexibility index (Phi) is 6.68. The van der Waals surface area contributed by atoms with Gasteiger partial charge in [-0.3, -0.25) is 4.79 Å². The minimum atomic E-state index is -4.53. The molecule has 1 N–H and O–H groups in total. The summed E-state index contributed by atoms with van der Waals surface area (Å²) in [5.41, 5.74) is 0.896. The molecule has 0 heterocycles. The van der Waals surface area contributed by atoms with Gasteiger partial charge in [-0.05, 0) is 31.2 Å². The highest BCUT2D eigenvalue weighted by atomic mass is 32.2. The third kappa shape index (κ3) is 5.96. The number of nitrogens with one attached hydrogen (secondary N) is 1. The number of nitrogens with zero attached hydrogens (tertiary/aromatic N) is 1. The number of halogens is 3. The van der Waals surface area contributed by atoms with Crippen molar-refractivity contribution in [2.45, 2.75) is 18.0 Å². The van der Waals surface area contributed by atoms with Crippen molar-refractivity contribution >= 4 is 21.6 Å². The number of anilines is 1. The van der Waals surface area contributed by atoms with Crippen LogP contribution in [0.2, 0.25) is 0 Å². The Morgan fingerprint density at radius 3 is 2.32 bits per heavy atom. The topological polar surface area (TPSA) is 75.7 Å². The average Bonchev–Trinajstić information content (AvgIpc) is 2.60. The number of rotatable bonds is 7. The van der Waals surface area contributed by atoms with Crippen LogP contribution in [0.3, 0.4) is 0 Å². The SMILES string of the molecule is Cc1ccc(S(=O)(=O)N(C)CC(=O)Nc2ccccc2OCC(F)(F)F)cc1. The first-order valence-electron chi connectivity index (χ1n) is 8.10. The minimum Gasteiger partial charge on any atom is -0.482 e. The third-order valence-corrected chi connectivity index (χ3v) is 5.47. The van der Waals surface area contributed by atoms with Crippen LogP contribution in [0.5, 0.6) is 5.75 Å². The number of ether oxygens (including phenoxy) is 1. The van der Waals surface area contributed by atoms with Crippen molar-refractivity contribution in [2.75, 3.05) is 25.5 Å². The summed E-state index contributed by atoms with van der Waals surface area (Å²) in [6, 6.07) is 11.7. The van der Waals surface area contributed by atoms with E-state index in [1.54, 1.807) is 12.1 Å². The predicted molar refractivity (Wildman–Crippen MR) is 97.6 cm³/mol. The highest BCUT2D eigenvalue weighted by Crippen LogP contribution is 2.26. The number of hydrogen-bond acceptors (Lipinski definition) is 4. The van der Waals surface area contributed by atoms with Crippen molar-refractivity contribution in [2.24, 2.45) is 0 Å². The van der Waals surface area contributed by atoms with Crippen molar-refractivity contribution in [1.82, 2.24) is 4.31 Å². The van der Waals surface area contributed by atoms with E-state index in [9.17, 15) is 26.4 Å². The number of carbonyl (C=O) groups excluding carboxylic acids is 1. The highest BCUT2D eigenvalue weighted by molar-refractivity contribution is 7.89. The molecule has 0 aromatic heterocycles. The molecule has 0 aliphatic heterocycles. The maximum Gasteiger partial charge on any atom is 0.422 e. The van der Waals surface area contributed by atoms with Gasteiger partial charge in [0.1, 0.15) is 5.75 Å². The van der Waals surface area contributed by atoms with Gasteiger partial charge in [-0.25, -0.2) is 8.42 Å². The largest absolute Gasteiger partial charge is 0.482 e. The van der Waals surface area contributed by atoms with E-state index >= 15 is 0 Å². The second-order valence-electron chi connectivity index (χ2n) is 6.02. The van der Waals surface area contributed by atoms with Gasteiger partial charge in [-0.2, -0.15) is 17.5 Å². The van der Waals surface area contributed by atoms with Gasteiger partial charge in [0.15, 0.2) is 6.61 Å². The molecule has 28 heavy (non-hydrogen) atoms. The number of amides is 1. The van der Waals surface area contributed by atoms with E-state index in [4.69, 9.17) is 0 Å². The molecule has 2 rings (SSSR count). The summed E-state index contributed by atoms with van der Waals surface area (Å²) < 4.78 is 67.6. The summed E-state index contributed by atoms with van der Waals surface area (Å²) in [6.45, 7) is -0.225. The fourth-order valence-corrected chi connectivity index (χ4v) is 3.35. The lowest BCUT2D eigenvalue weighted by atomic mass is 10.2. The molecule has 0 aliphatic rings. The van der Waals surface area contributed by atoms with Crippen molar-refractivity contribution in [1.29, 1.82) is 0 Å². The van der Waals surface area contributed by atoms with Gasteiger partial charge in [-0.1, -0.05) is 29.8 Å². The fourth-order valence-electron chi connectivity index (χ4n) is 2.22. The molecule has 0 unspecified atom stereocenters. The number of sulfonamides is 1. The standard InChI is InChI=1S/C18H19F3N2O4S/c1-13-7-9-14(10-8-13)28(25,26)23(2)11-17(24)22-15-5-3-4-6-16(15)27-12-18(19,20)21/h3-10H,11-12H2,1-2H3,(H,22,24). The van der Waals surface area contributed by atoms with Crippen molar-refractivity contribution in [3.8, 4) is 5.75 Å². The molecule has 0 saturated carbocycles. The fraction of sp³-hybridized carbons (Fsp3) is 0.278. The number of benzene rings is 2. The predicted octanol–water partition coefficient (Wildman–Crippen LogP) is 3.20. The van der Waals surface area contributed by atoms with Crippen LogP contribution >= 0.6 is 0 Å². The number of carbonyl (C=O) groups is 1. The first-order chi connectivity index (χ1) is 13.0. The maximum absolute atomic E-state index is 12.5. The zero-order valence-electron chi connectivity index (χ0n) is 15.2. The van der Waals surface area contributed by atoms with Crippen LogP contribution in [0.1, 0.15) is 5.56 Å². The molecule has 6 nitrogen and oxygen atoms in total. The monoisotopic (exact) mass is 416 g/mol. The zero-order chi connectivity index (χ0) is 20.9. The lowest BCUT2D eigenvalue weighted by molar-refractivity contribution is -0.153. The number of aryl methyl sites for hydroxylation is 1. The van der Waals surface area contributed by atoms with Crippen molar-refractivity contribution in [3.05, 3.63) is 54.1 Å². The van der Waals surface area contributed by atoms with Gasteiger partial charge in [0.25, 0.3) is 0 Å². The molecule has 2 aromatic carbocycles. The number of alkyl halides is 3. The average molecular weight is 416 g/mol. The molecule has 0 radical (unpaired) electrons. The third-order valence-electron chi connectivity index (χ3n) is 3.65. The number of likely N-dealkylation sites (N-methyl/N-ethyl adjacent to an activating group) is 1.